The van der Waals surface area contributed by atoms with Gasteiger partial charge in [0.25, 0.3) is 5.69 Å². The predicted molar refractivity (Wildman–Crippen MR) is 95.8 cm³/mol. The monoisotopic (exact) mass is 361 g/mol. The van der Waals surface area contributed by atoms with Gasteiger partial charge in [0, 0.05) is 43.7 Å². The molecule has 0 unspecified atom stereocenters. The van der Waals surface area contributed by atoms with Gasteiger partial charge in [0.05, 0.1) is 23.3 Å². The Labute approximate surface area is 151 Å². The lowest BCUT2D eigenvalue weighted by atomic mass is 10.2. The molecule has 1 aromatic carbocycles. The van der Waals surface area contributed by atoms with Gasteiger partial charge in [0.2, 0.25) is 0 Å². The molecule has 1 saturated heterocycles. The molecule has 3 rings (SSSR count). The minimum Gasteiger partial charge on any atom is -0.444 e. The van der Waals surface area contributed by atoms with E-state index in [-0.39, 0.29) is 11.8 Å². The van der Waals surface area contributed by atoms with Crippen LogP contribution < -0.4 is 0 Å². The van der Waals surface area contributed by atoms with E-state index in [0.29, 0.717) is 32.8 Å². The van der Waals surface area contributed by atoms with E-state index >= 15 is 0 Å². The van der Waals surface area contributed by atoms with Crippen LogP contribution in [0.3, 0.4) is 0 Å². The highest BCUT2D eigenvalue weighted by molar-refractivity contribution is 5.81. The van der Waals surface area contributed by atoms with Crippen LogP contribution >= 0.6 is 0 Å². The minimum absolute atomic E-state index is 0.0584. The molecule has 2 aromatic rings. The number of hydrogen-bond acceptors (Lipinski definition) is 6. The molecule has 0 atom stereocenters. The lowest BCUT2D eigenvalue weighted by molar-refractivity contribution is -0.384. The van der Waals surface area contributed by atoms with Gasteiger partial charge in [-0.1, -0.05) is 0 Å². The largest absolute Gasteiger partial charge is 0.444 e. The Morgan fingerprint density at radius 3 is 2.58 bits per heavy atom. The second-order valence-electron chi connectivity index (χ2n) is 7.37. The molecule has 0 aliphatic carbocycles. The van der Waals surface area contributed by atoms with Gasteiger partial charge in [-0.2, -0.15) is 5.10 Å². The van der Waals surface area contributed by atoms with Crippen molar-refractivity contribution in [3.63, 3.8) is 0 Å². The van der Waals surface area contributed by atoms with Crippen LogP contribution in [0.2, 0.25) is 0 Å². The Bertz CT molecular complexity index is 818. The van der Waals surface area contributed by atoms with Crippen molar-refractivity contribution < 1.29 is 14.5 Å². The molecular weight excluding hydrogens is 338 g/mol. The van der Waals surface area contributed by atoms with E-state index in [2.05, 4.69) is 10.00 Å². The molecule has 0 spiro atoms. The van der Waals surface area contributed by atoms with E-state index in [4.69, 9.17) is 4.74 Å². The maximum absolute atomic E-state index is 12.1. The number of nitro groups is 1. The van der Waals surface area contributed by atoms with Crippen molar-refractivity contribution in [1.82, 2.24) is 19.6 Å². The molecular formula is C17H23N5O4. The molecule has 0 saturated carbocycles. The summed E-state index contributed by atoms with van der Waals surface area (Å²) in [7, 11) is 0. The standard InChI is InChI=1S/C17H23N5O4/c1-17(2,3)26-16(23)20-8-6-19(7-9-20)12-21-15-5-4-14(22(24)25)10-13(15)11-18-21/h4-5,10-11H,6-9,12H2,1-3H3. The Morgan fingerprint density at radius 2 is 1.96 bits per heavy atom. The third-order valence-corrected chi connectivity index (χ3v) is 4.19. The van der Waals surface area contributed by atoms with Gasteiger partial charge in [-0.05, 0) is 26.8 Å². The number of amides is 1. The fraction of sp³-hybridized carbons (Fsp3) is 0.529. The minimum atomic E-state index is -0.495. The van der Waals surface area contributed by atoms with Gasteiger partial charge < -0.3 is 9.64 Å². The van der Waals surface area contributed by atoms with Gasteiger partial charge in [-0.15, -0.1) is 0 Å². The fourth-order valence-corrected chi connectivity index (χ4v) is 2.89. The quantitative estimate of drug-likeness (QED) is 0.616. The number of ether oxygens (including phenoxy) is 1. The highest BCUT2D eigenvalue weighted by atomic mass is 16.6. The molecule has 140 valence electrons. The van der Waals surface area contributed by atoms with Crippen molar-refractivity contribution in [2.24, 2.45) is 0 Å². The van der Waals surface area contributed by atoms with E-state index < -0.39 is 10.5 Å². The van der Waals surface area contributed by atoms with E-state index in [1.807, 2.05) is 25.5 Å². The first kappa shape index (κ1) is 18.1. The first-order valence-electron chi connectivity index (χ1n) is 8.53. The Kier molecular flexibility index (Phi) is 4.82. The summed E-state index contributed by atoms with van der Waals surface area (Å²) in [5.74, 6) is 0. The highest BCUT2D eigenvalue weighted by Gasteiger charge is 2.26. The van der Waals surface area contributed by atoms with Crippen LogP contribution in [-0.4, -0.2) is 62.4 Å². The normalized spacial score (nSPS) is 16.0. The number of aromatic nitrogens is 2. The summed E-state index contributed by atoms with van der Waals surface area (Å²) in [5.41, 5.74) is 0.415. The van der Waals surface area contributed by atoms with E-state index in [1.54, 1.807) is 17.2 Å². The molecule has 0 radical (unpaired) electrons. The van der Waals surface area contributed by atoms with Crippen LogP contribution in [0.4, 0.5) is 10.5 Å². The molecule has 1 amide bonds. The molecule has 1 aliphatic heterocycles. The third kappa shape index (κ3) is 4.10. The highest BCUT2D eigenvalue weighted by Crippen LogP contribution is 2.21. The zero-order chi connectivity index (χ0) is 18.9. The lowest BCUT2D eigenvalue weighted by Crippen LogP contribution is -2.50. The number of nitrogens with zero attached hydrogens (tertiary/aromatic N) is 5. The molecule has 9 heteroatoms. The number of carbonyl (C=O) groups is 1. The number of non-ortho nitro benzene ring substituents is 1. The topological polar surface area (TPSA) is 93.7 Å². The second kappa shape index (κ2) is 6.91. The van der Waals surface area contributed by atoms with Crippen molar-refractivity contribution in [3.05, 3.63) is 34.5 Å². The van der Waals surface area contributed by atoms with Crippen LogP contribution in [0, 0.1) is 10.1 Å². The van der Waals surface area contributed by atoms with Gasteiger partial charge in [-0.3, -0.25) is 19.7 Å². The van der Waals surface area contributed by atoms with Gasteiger partial charge in [0.1, 0.15) is 5.60 Å². The van der Waals surface area contributed by atoms with Crippen molar-refractivity contribution in [1.29, 1.82) is 0 Å². The van der Waals surface area contributed by atoms with Gasteiger partial charge in [0.15, 0.2) is 0 Å². The van der Waals surface area contributed by atoms with Crippen LogP contribution in [0.25, 0.3) is 10.9 Å². The molecule has 1 fully saturated rings. The first-order valence-corrected chi connectivity index (χ1v) is 8.53. The molecule has 2 heterocycles. The Balaban J connectivity index is 1.60. The zero-order valence-corrected chi connectivity index (χ0v) is 15.2. The van der Waals surface area contributed by atoms with Crippen molar-refractivity contribution in [2.75, 3.05) is 26.2 Å². The lowest BCUT2D eigenvalue weighted by Gasteiger charge is -2.35. The summed E-state index contributed by atoms with van der Waals surface area (Å²) >= 11 is 0. The average molecular weight is 361 g/mol. The zero-order valence-electron chi connectivity index (χ0n) is 15.2. The SMILES string of the molecule is CC(C)(C)OC(=O)N1CCN(Cn2ncc3cc([N+](=O)[O-])ccc32)CC1. The predicted octanol–water partition coefficient (Wildman–Crippen LogP) is 2.45. The fourth-order valence-electron chi connectivity index (χ4n) is 2.89. The number of nitro benzene ring substituents is 1. The van der Waals surface area contributed by atoms with Crippen LogP contribution in [-0.2, 0) is 11.4 Å². The number of rotatable bonds is 3. The number of piperazine rings is 1. The van der Waals surface area contributed by atoms with Crippen LogP contribution in [0.1, 0.15) is 20.8 Å². The number of hydrogen-bond donors (Lipinski definition) is 0. The van der Waals surface area contributed by atoms with Crippen molar-refractivity contribution >= 4 is 22.7 Å². The smallest absolute Gasteiger partial charge is 0.410 e. The number of carbonyl (C=O) groups excluding carboxylic acids is 1. The van der Waals surface area contributed by atoms with E-state index in [1.165, 1.54) is 12.1 Å². The number of fused-ring (bicyclic) bond motifs is 1. The Hall–Kier alpha value is -2.68. The summed E-state index contributed by atoms with van der Waals surface area (Å²) in [4.78, 5) is 26.5. The second-order valence-corrected chi connectivity index (χ2v) is 7.37. The van der Waals surface area contributed by atoms with Crippen molar-refractivity contribution in [3.8, 4) is 0 Å². The first-order chi connectivity index (χ1) is 12.2. The Morgan fingerprint density at radius 1 is 1.27 bits per heavy atom. The summed E-state index contributed by atoms with van der Waals surface area (Å²) < 4.78 is 7.22. The average Bonchev–Trinajstić information content (AvgIpc) is 2.96. The van der Waals surface area contributed by atoms with Gasteiger partial charge >= 0.3 is 6.09 Å². The van der Waals surface area contributed by atoms with Crippen LogP contribution in [0.5, 0.6) is 0 Å². The van der Waals surface area contributed by atoms with Crippen LogP contribution in [0.15, 0.2) is 24.4 Å². The number of benzene rings is 1. The molecule has 26 heavy (non-hydrogen) atoms. The van der Waals surface area contributed by atoms with Gasteiger partial charge in [-0.25, -0.2) is 4.79 Å². The molecule has 9 nitrogen and oxygen atoms in total. The molecule has 1 aromatic heterocycles. The molecule has 0 bridgehead atoms. The van der Waals surface area contributed by atoms with Crippen molar-refractivity contribution in [2.45, 2.75) is 33.0 Å². The summed E-state index contributed by atoms with van der Waals surface area (Å²) in [6, 6.07) is 4.73. The molecule has 1 aliphatic rings. The molecule has 0 N–H and O–H groups in total. The summed E-state index contributed by atoms with van der Waals surface area (Å²) in [5, 5.41) is 16.0. The van der Waals surface area contributed by atoms with E-state index in [9.17, 15) is 14.9 Å². The van der Waals surface area contributed by atoms with E-state index in [0.717, 1.165) is 10.9 Å². The maximum Gasteiger partial charge on any atom is 0.410 e. The third-order valence-electron chi connectivity index (χ3n) is 4.19. The maximum atomic E-state index is 12.1. The summed E-state index contributed by atoms with van der Waals surface area (Å²) in [6.45, 7) is 8.76. The summed E-state index contributed by atoms with van der Waals surface area (Å²) in [6.07, 6.45) is 1.35.